The number of rotatable bonds is 7. The Labute approximate surface area is 182 Å². The van der Waals surface area contributed by atoms with Gasteiger partial charge in [0.2, 0.25) is 5.91 Å². The number of aromatic nitrogens is 4. The number of nitrogens with one attached hydrogen (secondary N) is 1. The van der Waals surface area contributed by atoms with E-state index in [2.05, 4.69) is 62.8 Å². The maximum absolute atomic E-state index is 12.5. The Morgan fingerprint density at radius 3 is 2.70 bits per heavy atom. The number of hydrogen-bond acceptors (Lipinski definition) is 4. The second-order valence-electron chi connectivity index (χ2n) is 8.08. The number of carbonyl (C=O) groups is 1. The molecule has 1 aliphatic carbocycles. The van der Waals surface area contributed by atoms with Crippen molar-refractivity contribution >= 4 is 17.7 Å². The van der Waals surface area contributed by atoms with Gasteiger partial charge in [0, 0.05) is 31.4 Å². The van der Waals surface area contributed by atoms with Crippen LogP contribution in [0.2, 0.25) is 0 Å². The van der Waals surface area contributed by atoms with Gasteiger partial charge in [-0.25, -0.2) is 0 Å². The van der Waals surface area contributed by atoms with Crippen molar-refractivity contribution in [3.05, 3.63) is 59.2 Å². The topological polar surface area (TPSA) is 64.7 Å². The Hall–Kier alpha value is -2.54. The minimum Gasteiger partial charge on any atom is -0.354 e. The molecule has 1 amide bonds. The van der Waals surface area contributed by atoms with E-state index in [0.29, 0.717) is 18.2 Å². The van der Waals surface area contributed by atoms with Crippen LogP contribution in [0, 0.1) is 13.8 Å². The van der Waals surface area contributed by atoms with Crippen LogP contribution in [-0.2, 0) is 18.3 Å². The third kappa shape index (κ3) is 4.46. The monoisotopic (exact) mass is 423 g/mol. The predicted octanol–water partition coefficient (Wildman–Crippen LogP) is 3.96. The lowest BCUT2D eigenvalue weighted by molar-refractivity contribution is -0.119. The molecule has 0 atom stereocenters. The third-order valence-electron chi connectivity index (χ3n) is 5.96. The van der Waals surface area contributed by atoms with Crippen molar-refractivity contribution in [2.75, 3.05) is 5.75 Å². The molecule has 0 bridgehead atoms. The van der Waals surface area contributed by atoms with Gasteiger partial charge in [-0.1, -0.05) is 36.7 Å². The summed E-state index contributed by atoms with van der Waals surface area (Å²) >= 11 is 1.46. The quantitative estimate of drug-likeness (QED) is 0.584. The van der Waals surface area contributed by atoms with E-state index < -0.39 is 0 Å². The lowest BCUT2D eigenvalue weighted by atomic mass is 10.1. The second kappa shape index (κ2) is 9.08. The average molecular weight is 424 g/mol. The number of benzene rings is 1. The van der Waals surface area contributed by atoms with Crippen LogP contribution >= 0.6 is 11.8 Å². The number of hydrogen-bond donors (Lipinski definition) is 1. The van der Waals surface area contributed by atoms with E-state index in [4.69, 9.17) is 0 Å². The molecular formula is C23H29N5OS. The summed E-state index contributed by atoms with van der Waals surface area (Å²) in [6.07, 6.45) is 7.32. The molecule has 1 saturated carbocycles. The molecule has 1 aliphatic rings. The summed E-state index contributed by atoms with van der Waals surface area (Å²) in [5.74, 6) is 1.31. The van der Waals surface area contributed by atoms with Gasteiger partial charge in [-0.15, -0.1) is 10.2 Å². The van der Waals surface area contributed by atoms with Gasteiger partial charge in [-0.05, 0) is 56.0 Å². The molecule has 0 saturated heterocycles. The second-order valence-corrected chi connectivity index (χ2v) is 9.02. The first-order chi connectivity index (χ1) is 14.5. The summed E-state index contributed by atoms with van der Waals surface area (Å²) in [7, 11) is 2.04. The predicted molar refractivity (Wildman–Crippen MR) is 120 cm³/mol. The molecule has 30 heavy (non-hydrogen) atoms. The number of nitrogens with zero attached hydrogens (tertiary/aromatic N) is 4. The van der Waals surface area contributed by atoms with Crippen LogP contribution in [0.25, 0.3) is 5.69 Å². The SMILES string of the molecule is Cc1cccc(-n2c(Cc3cccn3C)nnc2SCC(=O)NC2CCCC2)c1C. The van der Waals surface area contributed by atoms with Crippen LogP contribution in [-0.4, -0.2) is 37.0 Å². The minimum atomic E-state index is 0.0754. The molecule has 2 aromatic heterocycles. The number of thioether (sulfide) groups is 1. The molecule has 0 radical (unpaired) electrons. The van der Waals surface area contributed by atoms with Gasteiger partial charge in [-0.2, -0.15) is 0 Å². The molecule has 1 N–H and O–H groups in total. The molecule has 3 aromatic rings. The van der Waals surface area contributed by atoms with Crippen molar-refractivity contribution < 1.29 is 4.79 Å². The van der Waals surface area contributed by atoms with Gasteiger partial charge in [0.25, 0.3) is 0 Å². The highest BCUT2D eigenvalue weighted by Crippen LogP contribution is 2.27. The van der Waals surface area contributed by atoms with Crippen molar-refractivity contribution in [2.24, 2.45) is 7.05 Å². The molecule has 2 heterocycles. The number of aryl methyl sites for hydroxylation is 2. The smallest absolute Gasteiger partial charge is 0.230 e. The molecule has 158 valence electrons. The maximum atomic E-state index is 12.5. The highest BCUT2D eigenvalue weighted by Gasteiger charge is 2.21. The fraction of sp³-hybridized carbons (Fsp3) is 0.435. The summed E-state index contributed by atoms with van der Waals surface area (Å²) in [5.41, 5.74) is 4.66. The Morgan fingerprint density at radius 2 is 1.97 bits per heavy atom. The summed E-state index contributed by atoms with van der Waals surface area (Å²) in [4.78, 5) is 12.5. The van der Waals surface area contributed by atoms with Gasteiger partial charge < -0.3 is 9.88 Å². The molecule has 1 fully saturated rings. The highest BCUT2D eigenvalue weighted by molar-refractivity contribution is 7.99. The van der Waals surface area contributed by atoms with Crippen molar-refractivity contribution in [1.82, 2.24) is 24.6 Å². The summed E-state index contributed by atoms with van der Waals surface area (Å²) < 4.78 is 4.22. The Balaban J connectivity index is 1.60. The largest absolute Gasteiger partial charge is 0.354 e. The van der Waals surface area contributed by atoms with Crippen molar-refractivity contribution in [2.45, 2.75) is 57.1 Å². The molecular weight excluding hydrogens is 394 g/mol. The van der Waals surface area contributed by atoms with Gasteiger partial charge in [0.15, 0.2) is 5.16 Å². The van der Waals surface area contributed by atoms with Crippen LogP contribution < -0.4 is 5.32 Å². The van der Waals surface area contributed by atoms with Crippen LogP contribution in [0.15, 0.2) is 41.7 Å². The molecule has 7 heteroatoms. The molecule has 1 aromatic carbocycles. The zero-order chi connectivity index (χ0) is 21.1. The van der Waals surface area contributed by atoms with Crippen LogP contribution in [0.5, 0.6) is 0 Å². The van der Waals surface area contributed by atoms with Gasteiger partial charge >= 0.3 is 0 Å². The van der Waals surface area contributed by atoms with E-state index in [1.165, 1.54) is 41.4 Å². The van der Waals surface area contributed by atoms with E-state index in [1.807, 2.05) is 19.3 Å². The first-order valence-electron chi connectivity index (χ1n) is 10.6. The normalized spacial score (nSPS) is 14.4. The van der Waals surface area contributed by atoms with Gasteiger partial charge in [0.05, 0.1) is 11.4 Å². The maximum Gasteiger partial charge on any atom is 0.230 e. The van der Waals surface area contributed by atoms with Crippen LogP contribution in [0.4, 0.5) is 0 Å². The zero-order valence-corrected chi connectivity index (χ0v) is 18.7. The summed E-state index contributed by atoms with van der Waals surface area (Å²) in [6.45, 7) is 4.24. The summed E-state index contributed by atoms with van der Waals surface area (Å²) in [6, 6.07) is 10.7. The van der Waals surface area contributed by atoms with Gasteiger partial charge in [0.1, 0.15) is 5.82 Å². The standard InChI is InChI=1S/C23H29N5OS/c1-16-8-6-12-20(17(16)2)28-21(14-19-11-7-13-27(19)3)25-26-23(28)30-15-22(29)24-18-9-4-5-10-18/h6-8,11-13,18H,4-5,9-10,14-15H2,1-3H3,(H,24,29). The molecule has 0 spiro atoms. The lowest BCUT2D eigenvalue weighted by Crippen LogP contribution is -2.33. The molecule has 0 aliphatic heterocycles. The van der Waals surface area contributed by atoms with Crippen molar-refractivity contribution in [3.63, 3.8) is 0 Å². The lowest BCUT2D eigenvalue weighted by Gasteiger charge is -2.15. The number of amides is 1. The Bertz CT molecular complexity index is 1030. The van der Waals surface area contributed by atoms with E-state index >= 15 is 0 Å². The minimum absolute atomic E-state index is 0.0754. The molecule has 0 unspecified atom stereocenters. The average Bonchev–Trinajstić information content (AvgIpc) is 3.46. The Morgan fingerprint density at radius 1 is 1.17 bits per heavy atom. The first kappa shape index (κ1) is 20.7. The number of carbonyl (C=O) groups excluding carboxylic acids is 1. The van der Waals surface area contributed by atoms with Crippen molar-refractivity contribution in [1.29, 1.82) is 0 Å². The van der Waals surface area contributed by atoms with E-state index in [0.717, 1.165) is 29.5 Å². The fourth-order valence-electron chi connectivity index (χ4n) is 4.04. The fourth-order valence-corrected chi connectivity index (χ4v) is 4.81. The summed E-state index contributed by atoms with van der Waals surface area (Å²) in [5, 5.41) is 12.9. The van der Waals surface area contributed by atoms with E-state index in [1.54, 1.807) is 0 Å². The van der Waals surface area contributed by atoms with Gasteiger partial charge in [-0.3, -0.25) is 9.36 Å². The third-order valence-corrected chi connectivity index (χ3v) is 6.89. The molecule has 6 nitrogen and oxygen atoms in total. The first-order valence-corrected chi connectivity index (χ1v) is 11.5. The highest BCUT2D eigenvalue weighted by atomic mass is 32.2. The van der Waals surface area contributed by atoms with E-state index in [9.17, 15) is 4.79 Å². The van der Waals surface area contributed by atoms with Crippen LogP contribution in [0.3, 0.4) is 0 Å². The van der Waals surface area contributed by atoms with Crippen LogP contribution in [0.1, 0.15) is 48.3 Å². The Kier molecular flexibility index (Phi) is 6.27. The van der Waals surface area contributed by atoms with Crippen molar-refractivity contribution in [3.8, 4) is 5.69 Å². The zero-order valence-electron chi connectivity index (χ0n) is 17.9. The van der Waals surface area contributed by atoms with E-state index in [-0.39, 0.29) is 5.91 Å². The molecule has 4 rings (SSSR count).